The molecular formula is C25H27ClN2O5S. The van der Waals surface area contributed by atoms with E-state index in [0.29, 0.717) is 29.4 Å². The molecule has 0 spiro atoms. The molecule has 1 N–H and O–H groups in total. The van der Waals surface area contributed by atoms with Crippen molar-refractivity contribution in [2.75, 3.05) is 31.6 Å². The van der Waals surface area contributed by atoms with Gasteiger partial charge in [-0.3, -0.25) is 9.10 Å². The van der Waals surface area contributed by atoms with Gasteiger partial charge in [-0.2, -0.15) is 0 Å². The fourth-order valence-corrected chi connectivity index (χ4v) is 4.84. The lowest BCUT2D eigenvalue weighted by atomic mass is 10.1. The molecule has 0 atom stereocenters. The van der Waals surface area contributed by atoms with E-state index < -0.39 is 15.9 Å². The summed E-state index contributed by atoms with van der Waals surface area (Å²) in [4.78, 5) is 12.7. The van der Waals surface area contributed by atoms with Gasteiger partial charge in [-0.15, -0.1) is 0 Å². The quantitative estimate of drug-likeness (QED) is 0.395. The third-order valence-electron chi connectivity index (χ3n) is 5.17. The molecule has 0 aliphatic rings. The minimum absolute atomic E-state index is 0.0514. The summed E-state index contributed by atoms with van der Waals surface area (Å²) in [5.41, 5.74) is 1.47. The highest BCUT2D eigenvalue weighted by Crippen LogP contribution is 2.26. The van der Waals surface area contributed by atoms with E-state index in [2.05, 4.69) is 5.32 Å². The van der Waals surface area contributed by atoms with Crippen molar-refractivity contribution in [2.24, 2.45) is 0 Å². The van der Waals surface area contributed by atoms with Crippen molar-refractivity contribution in [3.63, 3.8) is 0 Å². The van der Waals surface area contributed by atoms with Crippen molar-refractivity contribution >= 4 is 33.2 Å². The van der Waals surface area contributed by atoms with Gasteiger partial charge in [-0.1, -0.05) is 23.7 Å². The van der Waals surface area contributed by atoms with E-state index in [1.54, 1.807) is 43.5 Å². The normalized spacial score (nSPS) is 11.0. The van der Waals surface area contributed by atoms with Crippen molar-refractivity contribution in [2.45, 2.75) is 17.7 Å². The van der Waals surface area contributed by atoms with Crippen molar-refractivity contribution in [3.05, 3.63) is 83.4 Å². The Hall–Kier alpha value is -3.23. The summed E-state index contributed by atoms with van der Waals surface area (Å²) in [5, 5.41) is 3.28. The van der Waals surface area contributed by atoms with Crippen LogP contribution >= 0.6 is 11.6 Å². The van der Waals surface area contributed by atoms with Gasteiger partial charge in [0.25, 0.3) is 10.0 Å². The van der Waals surface area contributed by atoms with Crippen LogP contribution in [0.4, 0.5) is 5.69 Å². The Morgan fingerprint density at radius 3 is 2.00 bits per heavy atom. The number of nitrogens with one attached hydrogen (secondary N) is 1. The van der Waals surface area contributed by atoms with Crippen LogP contribution in [-0.2, 0) is 21.2 Å². The Kier molecular flexibility index (Phi) is 8.79. The molecule has 0 aliphatic heterocycles. The van der Waals surface area contributed by atoms with Gasteiger partial charge in [-0.25, -0.2) is 8.42 Å². The van der Waals surface area contributed by atoms with Gasteiger partial charge in [0.15, 0.2) is 0 Å². The lowest BCUT2D eigenvalue weighted by molar-refractivity contribution is -0.119. The summed E-state index contributed by atoms with van der Waals surface area (Å²) in [7, 11) is -0.885. The van der Waals surface area contributed by atoms with E-state index >= 15 is 0 Å². The van der Waals surface area contributed by atoms with Crippen LogP contribution in [0.1, 0.15) is 12.0 Å². The maximum atomic E-state index is 13.4. The summed E-state index contributed by atoms with van der Waals surface area (Å²) in [5.74, 6) is 0.922. The SMILES string of the molecule is COc1ccc(CCCNC(=O)CN(c2ccc(Cl)cc2)S(=O)(=O)c2ccc(OC)cc2)cc1. The molecular weight excluding hydrogens is 476 g/mol. The Morgan fingerprint density at radius 1 is 0.882 bits per heavy atom. The zero-order chi connectivity index (χ0) is 24.6. The number of rotatable bonds is 11. The first-order valence-corrected chi connectivity index (χ1v) is 12.5. The lowest BCUT2D eigenvalue weighted by Gasteiger charge is -2.24. The Bertz CT molecular complexity index is 1180. The van der Waals surface area contributed by atoms with Crippen molar-refractivity contribution in [3.8, 4) is 11.5 Å². The lowest BCUT2D eigenvalue weighted by Crippen LogP contribution is -2.41. The van der Waals surface area contributed by atoms with Gasteiger partial charge in [0.1, 0.15) is 18.0 Å². The molecule has 3 aromatic rings. The zero-order valence-electron chi connectivity index (χ0n) is 19.0. The summed E-state index contributed by atoms with van der Waals surface area (Å²) >= 11 is 5.97. The highest BCUT2D eigenvalue weighted by atomic mass is 35.5. The summed E-state index contributed by atoms with van der Waals surface area (Å²) in [6.45, 7) is 0.0560. The Labute approximate surface area is 205 Å². The molecule has 9 heteroatoms. The van der Waals surface area contributed by atoms with Crippen LogP contribution in [-0.4, -0.2) is 41.6 Å². The van der Waals surface area contributed by atoms with E-state index in [0.717, 1.165) is 22.0 Å². The first-order chi connectivity index (χ1) is 16.3. The van der Waals surface area contributed by atoms with Crippen LogP contribution < -0.4 is 19.1 Å². The fourth-order valence-electron chi connectivity index (χ4n) is 3.30. The Morgan fingerprint density at radius 2 is 1.44 bits per heavy atom. The number of nitrogens with zero attached hydrogens (tertiary/aromatic N) is 1. The Balaban J connectivity index is 1.68. The van der Waals surface area contributed by atoms with E-state index in [9.17, 15) is 13.2 Å². The van der Waals surface area contributed by atoms with Crippen LogP contribution in [0.5, 0.6) is 11.5 Å². The van der Waals surface area contributed by atoms with Gasteiger partial charge >= 0.3 is 0 Å². The van der Waals surface area contributed by atoms with E-state index in [4.69, 9.17) is 21.1 Å². The molecule has 0 saturated carbocycles. The van der Waals surface area contributed by atoms with Crippen molar-refractivity contribution in [1.82, 2.24) is 5.32 Å². The maximum Gasteiger partial charge on any atom is 0.264 e. The number of hydrogen-bond donors (Lipinski definition) is 1. The van der Waals surface area contributed by atoms with Gasteiger partial charge < -0.3 is 14.8 Å². The number of carbonyl (C=O) groups excluding carboxylic acids is 1. The largest absolute Gasteiger partial charge is 0.497 e. The fraction of sp³-hybridized carbons (Fsp3) is 0.240. The smallest absolute Gasteiger partial charge is 0.264 e. The number of anilines is 1. The van der Waals surface area contributed by atoms with E-state index in [1.165, 1.54) is 19.2 Å². The molecule has 0 bridgehead atoms. The molecule has 0 aliphatic carbocycles. The number of hydrogen-bond acceptors (Lipinski definition) is 5. The van der Waals surface area contributed by atoms with Gasteiger partial charge in [0, 0.05) is 11.6 Å². The summed E-state index contributed by atoms with van der Waals surface area (Å²) in [6, 6.07) is 20.1. The van der Waals surface area contributed by atoms with Crippen LogP contribution in [0, 0.1) is 0 Å². The number of ether oxygens (including phenoxy) is 2. The molecule has 180 valence electrons. The second-order valence-corrected chi connectivity index (χ2v) is 9.76. The minimum atomic E-state index is -4.01. The number of aryl methyl sites for hydroxylation is 1. The van der Waals surface area contributed by atoms with Gasteiger partial charge in [0.2, 0.25) is 5.91 Å². The molecule has 1 amide bonds. The van der Waals surface area contributed by atoms with Crippen LogP contribution in [0.3, 0.4) is 0 Å². The van der Waals surface area contributed by atoms with Crippen molar-refractivity contribution in [1.29, 1.82) is 0 Å². The highest BCUT2D eigenvalue weighted by Gasteiger charge is 2.27. The van der Waals surface area contributed by atoms with Crippen LogP contribution in [0.15, 0.2) is 77.7 Å². The third-order valence-corrected chi connectivity index (χ3v) is 7.21. The molecule has 0 aromatic heterocycles. The highest BCUT2D eigenvalue weighted by molar-refractivity contribution is 7.92. The van der Waals surface area contributed by atoms with Crippen LogP contribution in [0.25, 0.3) is 0 Å². The standard InChI is InChI=1S/C25H27ClN2O5S/c1-32-22-11-5-19(6-12-22)4-3-17-27-25(29)18-28(21-9-7-20(26)8-10-21)34(30,31)24-15-13-23(33-2)14-16-24/h5-16H,3-4,17-18H2,1-2H3,(H,27,29). The average molecular weight is 503 g/mol. The average Bonchev–Trinajstić information content (AvgIpc) is 2.86. The topological polar surface area (TPSA) is 84.9 Å². The van der Waals surface area contributed by atoms with Crippen molar-refractivity contribution < 1.29 is 22.7 Å². The maximum absolute atomic E-state index is 13.4. The van der Waals surface area contributed by atoms with E-state index in [-0.39, 0.29) is 11.4 Å². The number of amides is 1. The summed E-state index contributed by atoms with van der Waals surface area (Å²) in [6.07, 6.45) is 1.49. The summed E-state index contributed by atoms with van der Waals surface area (Å²) < 4.78 is 38.1. The van der Waals surface area contributed by atoms with Gasteiger partial charge in [-0.05, 0) is 79.1 Å². The molecule has 3 rings (SSSR count). The predicted molar refractivity (Wildman–Crippen MR) is 133 cm³/mol. The van der Waals surface area contributed by atoms with Gasteiger partial charge in [0.05, 0.1) is 24.8 Å². The first kappa shape index (κ1) is 25.4. The number of carbonyl (C=O) groups is 1. The molecule has 0 heterocycles. The first-order valence-electron chi connectivity index (χ1n) is 10.7. The number of methoxy groups -OCH3 is 2. The molecule has 0 unspecified atom stereocenters. The molecule has 0 saturated heterocycles. The molecule has 0 fully saturated rings. The molecule has 7 nitrogen and oxygen atoms in total. The molecule has 3 aromatic carbocycles. The van der Waals surface area contributed by atoms with E-state index in [1.807, 2.05) is 24.3 Å². The second kappa shape index (κ2) is 11.8. The number of benzene rings is 3. The minimum Gasteiger partial charge on any atom is -0.497 e. The number of halogens is 1. The monoisotopic (exact) mass is 502 g/mol. The number of sulfonamides is 1. The third kappa shape index (κ3) is 6.65. The molecule has 0 radical (unpaired) electrons. The predicted octanol–water partition coefficient (Wildman–Crippen LogP) is 4.30. The molecule has 34 heavy (non-hydrogen) atoms. The second-order valence-electron chi connectivity index (χ2n) is 7.47. The zero-order valence-corrected chi connectivity index (χ0v) is 20.6. The van der Waals surface area contributed by atoms with Crippen LogP contribution in [0.2, 0.25) is 5.02 Å².